The van der Waals surface area contributed by atoms with Crippen LogP contribution in [0, 0.1) is 17.5 Å². The lowest BCUT2D eigenvalue weighted by Crippen LogP contribution is -2.50. The third-order valence-corrected chi connectivity index (χ3v) is 9.19. The van der Waals surface area contributed by atoms with Crippen molar-refractivity contribution < 1.29 is 26.3 Å². The van der Waals surface area contributed by atoms with Crippen LogP contribution in [0.25, 0.3) is 27.7 Å². The van der Waals surface area contributed by atoms with Gasteiger partial charge in [-0.3, -0.25) is 9.40 Å². The number of ether oxygens (including phenoxy) is 1. The highest BCUT2D eigenvalue weighted by molar-refractivity contribution is 7.92. The minimum Gasteiger partial charge on any atom is -0.383 e. The Morgan fingerprint density at radius 3 is 2.47 bits per heavy atom. The second kappa shape index (κ2) is 11.3. The molecule has 1 aliphatic heterocycles. The number of nitrogens with two attached hydrogens (primary N) is 1. The van der Waals surface area contributed by atoms with Crippen LogP contribution in [0.5, 0.6) is 0 Å². The lowest BCUT2D eigenvalue weighted by atomic mass is 9.89. The molecule has 1 aliphatic carbocycles. The number of aromatic nitrogens is 3. The van der Waals surface area contributed by atoms with Gasteiger partial charge in [-0.25, -0.2) is 26.6 Å². The quantitative estimate of drug-likeness (QED) is 0.243. The standard InChI is InChI=1S/C30H31F3N6O3S/c1-16(2)39-29-21(17-7-9-18(10-8-17)36-19-14-42-15-19)13-35-30(34)27(29)28(37-39)20-11-24(33)25(12-23(20)32)38-43(40,41)26-6-4-3-5-22(26)31/h3-7,11-13,16,18-19,36,38H,8-10,14-15H2,1-2H3,(H2,34,35)/t18-/m1/s1. The van der Waals surface area contributed by atoms with Crippen LogP contribution in [0.1, 0.15) is 44.7 Å². The van der Waals surface area contributed by atoms with Gasteiger partial charge in [-0.15, -0.1) is 0 Å². The van der Waals surface area contributed by atoms with Crippen LogP contribution in [0.15, 0.2) is 53.6 Å². The van der Waals surface area contributed by atoms with Gasteiger partial charge in [0.25, 0.3) is 10.0 Å². The van der Waals surface area contributed by atoms with E-state index in [0.29, 0.717) is 29.1 Å². The molecule has 43 heavy (non-hydrogen) atoms. The summed E-state index contributed by atoms with van der Waals surface area (Å²) in [4.78, 5) is 3.71. The van der Waals surface area contributed by atoms with Gasteiger partial charge in [0.2, 0.25) is 0 Å². The summed E-state index contributed by atoms with van der Waals surface area (Å²) < 4.78 is 79.5. The molecular formula is C30H31F3N6O3S. The molecule has 1 saturated heterocycles. The van der Waals surface area contributed by atoms with Crippen LogP contribution in [-0.4, -0.2) is 48.5 Å². The second-order valence-electron chi connectivity index (χ2n) is 11.1. The van der Waals surface area contributed by atoms with Gasteiger partial charge in [0.15, 0.2) is 0 Å². The molecule has 0 unspecified atom stereocenters. The number of nitrogen functional groups attached to an aromatic ring is 1. The highest BCUT2D eigenvalue weighted by atomic mass is 32.2. The fourth-order valence-corrected chi connectivity index (χ4v) is 6.69. The third-order valence-electron chi connectivity index (χ3n) is 7.79. The molecule has 0 amide bonds. The molecule has 2 aliphatic rings. The summed E-state index contributed by atoms with van der Waals surface area (Å²) in [5.41, 5.74) is 8.07. The Labute approximate surface area is 247 Å². The van der Waals surface area contributed by atoms with Crippen LogP contribution in [0.4, 0.5) is 24.7 Å². The van der Waals surface area contributed by atoms with Crippen molar-refractivity contribution in [3.8, 4) is 11.3 Å². The lowest BCUT2D eigenvalue weighted by molar-refractivity contribution is -0.0103. The van der Waals surface area contributed by atoms with Gasteiger partial charge in [0, 0.05) is 35.5 Å². The van der Waals surface area contributed by atoms with Gasteiger partial charge >= 0.3 is 0 Å². The summed E-state index contributed by atoms with van der Waals surface area (Å²) in [5, 5.41) is 8.64. The molecule has 2 aromatic heterocycles. The summed E-state index contributed by atoms with van der Waals surface area (Å²) >= 11 is 0. The van der Waals surface area contributed by atoms with E-state index in [1.54, 1.807) is 10.9 Å². The molecular weight excluding hydrogens is 581 g/mol. The summed E-state index contributed by atoms with van der Waals surface area (Å²) in [5.74, 6) is -2.94. The summed E-state index contributed by atoms with van der Waals surface area (Å²) in [6.45, 7) is 5.29. The zero-order valence-corrected chi connectivity index (χ0v) is 24.4. The van der Waals surface area contributed by atoms with E-state index >= 15 is 8.78 Å². The van der Waals surface area contributed by atoms with E-state index in [1.165, 1.54) is 12.1 Å². The zero-order chi connectivity index (χ0) is 30.5. The number of allylic oxidation sites excluding steroid dienone is 1. The predicted octanol–water partition coefficient (Wildman–Crippen LogP) is 5.40. The Bertz CT molecular complexity index is 1850. The smallest absolute Gasteiger partial charge is 0.264 e. The number of anilines is 2. The van der Waals surface area contributed by atoms with E-state index in [0.717, 1.165) is 61.8 Å². The molecule has 6 rings (SSSR count). The van der Waals surface area contributed by atoms with Crippen molar-refractivity contribution in [3.63, 3.8) is 0 Å². The van der Waals surface area contributed by atoms with E-state index in [1.807, 2.05) is 18.6 Å². The summed E-state index contributed by atoms with van der Waals surface area (Å²) in [7, 11) is -4.53. The Kier molecular flexibility index (Phi) is 7.65. The molecule has 13 heteroatoms. The highest BCUT2D eigenvalue weighted by Crippen LogP contribution is 2.40. The monoisotopic (exact) mass is 612 g/mol. The van der Waals surface area contributed by atoms with Gasteiger partial charge in [-0.2, -0.15) is 5.10 Å². The molecule has 0 saturated carbocycles. The fourth-order valence-electron chi connectivity index (χ4n) is 5.56. The van der Waals surface area contributed by atoms with Crippen molar-refractivity contribution in [1.82, 2.24) is 20.1 Å². The SMILES string of the molecule is CC(C)n1nc(-c2cc(F)c(NS(=O)(=O)c3ccccc3F)cc2F)c2c(N)ncc(C3=CC[C@@H](NC4COC4)CC3)c21. The number of benzene rings is 2. The average Bonchev–Trinajstić information content (AvgIpc) is 3.35. The minimum absolute atomic E-state index is 0.0800. The van der Waals surface area contributed by atoms with E-state index in [9.17, 15) is 12.8 Å². The molecule has 2 aromatic carbocycles. The maximum atomic E-state index is 15.7. The Hall–Kier alpha value is -3.94. The van der Waals surface area contributed by atoms with Crippen LogP contribution in [0.3, 0.4) is 0 Å². The molecule has 1 atom stereocenters. The van der Waals surface area contributed by atoms with Crippen LogP contribution in [-0.2, 0) is 14.8 Å². The second-order valence-corrected chi connectivity index (χ2v) is 12.8. The molecule has 4 aromatic rings. The number of fused-ring (bicyclic) bond motifs is 1. The van der Waals surface area contributed by atoms with Crippen molar-refractivity contribution in [1.29, 1.82) is 0 Å². The first-order valence-corrected chi connectivity index (χ1v) is 15.5. The first kappa shape index (κ1) is 29.1. The van der Waals surface area contributed by atoms with Crippen LogP contribution < -0.4 is 15.8 Å². The van der Waals surface area contributed by atoms with E-state index < -0.39 is 38.1 Å². The zero-order valence-electron chi connectivity index (χ0n) is 23.6. The molecule has 0 spiro atoms. The molecule has 0 radical (unpaired) electrons. The third kappa shape index (κ3) is 5.48. The van der Waals surface area contributed by atoms with Crippen molar-refractivity contribution in [3.05, 3.63) is 71.7 Å². The van der Waals surface area contributed by atoms with Gasteiger partial charge < -0.3 is 15.8 Å². The fraction of sp³-hybridized carbons (Fsp3) is 0.333. The molecule has 226 valence electrons. The molecule has 3 heterocycles. The Balaban J connectivity index is 1.39. The van der Waals surface area contributed by atoms with Gasteiger partial charge in [0.05, 0.1) is 35.8 Å². The maximum absolute atomic E-state index is 15.7. The van der Waals surface area contributed by atoms with Gasteiger partial charge in [-0.05, 0) is 56.9 Å². The van der Waals surface area contributed by atoms with Gasteiger partial charge in [0.1, 0.15) is 33.9 Å². The van der Waals surface area contributed by atoms with Crippen LogP contribution >= 0.6 is 0 Å². The first-order chi connectivity index (χ1) is 20.5. The largest absolute Gasteiger partial charge is 0.383 e. The minimum atomic E-state index is -4.53. The summed E-state index contributed by atoms with van der Waals surface area (Å²) in [6.07, 6.45) is 6.39. The van der Waals surface area contributed by atoms with Gasteiger partial charge in [-0.1, -0.05) is 18.2 Å². The molecule has 9 nitrogen and oxygen atoms in total. The number of pyridine rings is 1. The number of nitrogens with one attached hydrogen (secondary N) is 2. The maximum Gasteiger partial charge on any atom is 0.264 e. The number of rotatable bonds is 8. The first-order valence-electron chi connectivity index (χ1n) is 14.0. The van der Waals surface area contributed by atoms with Crippen molar-refractivity contribution in [2.24, 2.45) is 0 Å². The van der Waals surface area contributed by atoms with E-state index in [-0.39, 0.29) is 23.1 Å². The Morgan fingerprint density at radius 2 is 1.81 bits per heavy atom. The normalized spacial score (nSPS) is 17.7. The predicted molar refractivity (Wildman–Crippen MR) is 158 cm³/mol. The van der Waals surface area contributed by atoms with Crippen molar-refractivity contribution in [2.45, 2.75) is 56.1 Å². The molecule has 4 N–H and O–H groups in total. The number of sulfonamides is 1. The van der Waals surface area contributed by atoms with E-state index in [4.69, 9.17) is 10.5 Å². The number of hydrogen-bond donors (Lipinski definition) is 3. The summed E-state index contributed by atoms with van der Waals surface area (Å²) in [6, 6.07) is 6.76. The molecule has 0 bridgehead atoms. The van der Waals surface area contributed by atoms with E-state index in [2.05, 4.69) is 21.5 Å². The number of nitrogens with zero attached hydrogens (tertiary/aromatic N) is 3. The number of halogens is 3. The molecule has 1 fully saturated rings. The lowest BCUT2D eigenvalue weighted by Gasteiger charge is -2.33. The van der Waals surface area contributed by atoms with Crippen molar-refractivity contribution in [2.75, 3.05) is 23.7 Å². The number of hydrogen-bond acceptors (Lipinski definition) is 7. The highest BCUT2D eigenvalue weighted by Gasteiger charge is 2.28. The van der Waals surface area contributed by atoms with Crippen molar-refractivity contribution >= 4 is 38.0 Å². The van der Waals surface area contributed by atoms with Crippen LogP contribution in [0.2, 0.25) is 0 Å². The average molecular weight is 613 g/mol. The Morgan fingerprint density at radius 1 is 1.05 bits per heavy atom. The topological polar surface area (TPSA) is 124 Å².